The van der Waals surface area contributed by atoms with Crippen molar-refractivity contribution in [3.05, 3.63) is 51.8 Å². The molecule has 2 heterocycles. The zero-order valence-electron chi connectivity index (χ0n) is 16.4. The van der Waals surface area contributed by atoms with Gasteiger partial charge in [-0.3, -0.25) is 9.59 Å². The molecule has 2 amide bonds. The Morgan fingerprint density at radius 1 is 1.14 bits per heavy atom. The maximum Gasteiger partial charge on any atom is 0.270 e. The summed E-state index contributed by atoms with van der Waals surface area (Å²) in [6.45, 7) is 7.69. The Morgan fingerprint density at radius 3 is 2.61 bits per heavy atom. The lowest BCUT2D eigenvalue weighted by atomic mass is 10.1. The number of likely N-dealkylation sites (N-methyl/N-ethyl adjacent to an activating group) is 2. The van der Waals surface area contributed by atoms with E-state index in [2.05, 4.69) is 45.0 Å². The number of fused-ring (bicyclic) bond motifs is 1. The van der Waals surface area contributed by atoms with Crippen LogP contribution in [0.3, 0.4) is 0 Å². The number of nitrogens with zero attached hydrogens (tertiary/aromatic N) is 2. The fourth-order valence-corrected chi connectivity index (χ4v) is 3.58. The van der Waals surface area contributed by atoms with Crippen LogP contribution in [-0.4, -0.2) is 59.8 Å². The molecule has 0 radical (unpaired) electrons. The van der Waals surface area contributed by atoms with Gasteiger partial charge in [-0.15, -0.1) is 0 Å². The molecule has 0 saturated heterocycles. The Morgan fingerprint density at radius 2 is 1.89 bits per heavy atom. The zero-order chi connectivity index (χ0) is 20.3. The molecular formula is C21H25BrN4O2. The number of hydrogen-bond acceptors (Lipinski definition) is 3. The molecule has 0 fully saturated rings. The first kappa shape index (κ1) is 20.4. The van der Waals surface area contributed by atoms with Crippen LogP contribution in [-0.2, 0) is 4.79 Å². The molecular weight excluding hydrogens is 420 g/mol. The van der Waals surface area contributed by atoms with Gasteiger partial charge in [-0.25, -0.2) is 0 Å². The first-order chi connectivity index (χ1) is 13.4. The summed E-state index contributed by atoms with van der Waals surface area (Å²) in [5.74, 6) is -0.206. The van der Waals surface area contributed by atoms with Crippen molar-refractivity contribution in [1.29, 1.82) is 0 Å². The van der Waals surface area contributed by atoms with Gasteiger partial charge in [0.15, 0.2) is 0 Å². The van der Waals surface area contributed by atoms with E-state index in [0.29, 0.717) is 17.8 Å². The number of aromatic nitrogens is 1. The van der Waals surface area contributed by atoms with E-state index in [4.69, 9.17) is 0 Å². The summed E-state index contributed by atoms with van der Waals surface area (Å²) in [5.41, 5.74) is 3.45. The van der Waals surface area contributed by atoms with Crippen molar-refractivity contribution in [3.63, 3.8) is 0 Å². The summed E-state index contributed by atoms with van der Waals surface area (Å²) in [4.78, 5) is 32.1. The lowest BCUT2D eigenvalue weighted by Crippen LogP contribution is -2.36. The second kappa shape index (κ2) is 8.75. The Balaban J connectivity index is 1.74. The number of aromatic amines is 1. The molecule has 2 aromatic rings. The largest absolute Gasteiger partial charge is 0.351 e. The van der Waals surface area contributed by atoms with E-state index >= 15 is 0 Å². The van der Waals surface area contributed by atoms with E-state index in [1.54, 1.807) is 17.0 Å². The van der Waals surface area contributed by atoms with Crippen LogP contribution >= 0.6 is 15.9 Å². The van der Waals surface area contributed by atoms with Gasteiger partial charge in [-0.05, 0) is 49.5 Å². The fraction of sp³-hybridized carbons (Fsp3) is 0.333. The molecule has 3 rings (SSSR count). The van der Waals surface area contributed by atoms with Crippen LogP contribution in [0.25, 0.3) is 11.6 Å². The van der Waals surface area contributed by atoms with Crippen molar-refractivity contribution < 1.29 is 9.59 Å². The van der Waals surface area contributed by atoms with E-state index in [9.17, 15) is 9.59 Å². The van der Waals surface area contributed by atoms with E-state index in [-0.39, 0.29) is 11.8 Å². The van der Waals surface area contributed by atoms with Crippen LogP contribution in [0.4, 0.5) is 5.69 Å². The highest BCUT2D eigenvalue weighted by Crippen LogP contribution is 2.34. The highest BCUT2D eigenvalue weighted by Gasteiger charge is 2.24. The quantitative estimate of drug-likeness (QED) is 0.639. The standard InChI is InChI=1S/C21H25BrN4O2/c1-4-26(5-2)11-10-25(3)21(28)19-9-7-15(23-19)13-17-16-12-14(22)6-8-18(16)24-20(17)27/h6-9,12-13,23H,4-5,10-11H2,1-3H3,(H,24,27). The minimum atomic E-state index is -0.146. The highest BCUT2D eigenvalue weighted by molar-refractivity contribution is 9.10. The van der Waals surface area contributed by atoms with E-state index in [1.165, 1.54) is 0 Å². The number of H-pyrrole nitrogens is 1. The van der Waals surface area contributed by atoms with Gasteiger partial charge in [0.25, 0.3) is 11.8 Å². The number of amides is 2. The fourth-order valence-electron chi connectivity index (χ4n) is 3.22. The predicted octanol–water partition coefficient (Wildman–Crippen LogP) is 3.68. The molecule has 0 bridgehead atoms. The molecule has 1 aliphatic heterocycles. The van der Waals surface area contributed by atoms with Crippen molar-refractivity contribution in [3.8, 4) is 0 Å². The van der Waals surface area contributed by atoms with Gasteiger partial charge >= 0.3 is 0 Å². The number of halogens is 1. The summed E-state index contributed by atoms with van der Waals surface area (Å²) < 4.78 is 0.908. The van der Waals surface area contributed by atoms with Gasteiger partial charge < -0.3 is 20.1 Å². The van der Waals surface area contributed by atoms with Crippen LogP contribution in [0.1, 0.15) is 35.6 Å². The molecule has 1 aliphatic rings. The highest BCUT2D eigenvalue weighted by atomic mass is 79.9. The summed E-state index contributed by atoms with van der Waals surface area (Å²) in [5, 5.41) is 2.86. The van der Waals surface area contributed by atoms with Crippen molar-refractivity contribution in [1.82, 2.24) is 14.8 Å². The molecule has 0 spiro atoms. The minimum absolute atomic E-state index is 0.0594. The molecule has 7 heteroatoms. The molecule has 28 heavy (non-hydrogen) atoms. The van der Waals surface area contributed by atoms with E-state index in [0.717, 1.165) is 41.1 Å². The third kappa shape index (κ3) is 4.36. The first-order valence-electron chi connectivity index (χ1n) is 9.42. The Hall–Kier alpha value is -2.38. The van der Waals surface area contributed by atoms with Gasteiger partial charge in [0.1, 0.15) is 5.69 Å². The minimum Gasteiger partial charge on any atom is -0.351 e. The van der Waals surface area contributed by atoms with Gasteiger partial charge in [0.2, 0.25) is 0 Å². The Bertz CT molecular complexity index is 915. The maximum atomic E-state index is 12.7. The molecule has 2 N–H and O–H groups in total. The van der Waals surface area contributed by atoms with Crippen molar-refractivity contribution >= 4 is 45.1 Å². The molecule has 0 atom stereocenters. The summed E-state index contributed by atoms with van der Waals surface area (Å²) in [6, 6.07) is 9.25. The number of nitrogens with one attached hydrogen (secondary N) is 2. The molecule has 0 aliphatic carbocycles. The van der Waals surface area contributed by atoms with Crippen molar-refractivity contribution in [2.45, 2.75) is 13.8 Å². The summed E-state index contributed by atoms with van der Waals surface area (Å²) >= 11 is 3.44. The number of anilines is 1. The number of carbonyl (C=O) groups excluding carboxylic acids is 2. The number of benzene rings is 1. The normalized spacial score (nSPS) is 14.5. The van der Waals surface area contributed by atoms with Gasteiger partial charge in [0, 0.05) is 41.6 Å². The maximum absolute atomic E-state index is 12.7. The predicted molar refractivity (Wildman–Crippen MR) is 116 cm³/mol. The summed E-state index contributed by atoms with van der Waals surface area (Å²) in [7, 11) is 1.81. The third-order valence-corrected chi connectivity index (χ3v) is 5.49. The molecule has 1 aromatic heterocycles. The van der Waals surface area contributed by atoms with E-state index in [1.807, 2.05) is 31.3 Å². The smallest absolute Gasteiger partial charge is 0.270 e. The van der Waals surface area contributed by atoms with Gasteiger partial charge in [-0.2, -0.15) is 0 Å². The second-order valence-corrected chi connectivity index (χ2v) is 7.70. The molecule has 0 unspecified atom stereocenters. The second-order valence-electron chi connectivity index (χ2n) is 6.78. The van der Waals surface area contributed by atoms with Crippen molar-refractivity contribution in [2.75, 3.05) is 38.5 Å². The third-order valence-electron chi connectivity index (χ3n) is 5.00. The molecule has 6 nitrogen and oxygen atoms in total. The lowest BCUT2D eigenvalue weighted by Gasteiger charge is -2.22. The Kier molecular flexibility index (Phi) is 6.36. The average molecular weight is 445 g/mol. The topological polar surface area (TPSA) is 68.4 Å². The molecule has 0 saturated carbocycles. The Labute approximate surface area is 173 Å². The average Bonchev–Trinajstić information content (AvgIpc) is 3.27. The van der Waals surface area contributed by atoms with Gasteiger partial charge in [0.05, 0.1) is 5.57 Å². The number of hydrogen-bond donors (Lipinski definition) is 2. The van der Waals surface area contributed by atoms with Crippen LogP contribution < -0.4 is 5.32 Å². The lowest BCUT2D eigenvalue weighted by molar-refractivity contribution is -0.110. The number of rotatable bonds is 7. The van der Waals surface area contributed by atoms with Crippen LogP contribution in [0.2, 0.25) is 0 Å². The number of carbonyl (C=O) groups is 2. The van der Waals surface area contributed by atoms with Crippen molar-refractivity contribution in [2.24, 2.45) is 0 Å². The SMILES string of the molecule is CCN(CC)CCN(C)C(=O)c1ccc(C=C2C(=O)Nc3ccc(Br)cc32)[nH]1. The summed E-state index contributed by atoms with van der Waals surface area (Å²) in [6.07, 6.45) is 1.78. The van der Waals surface area contributed by atoms with Crippen LogP contribution in [0, 0.1) is 0 Å². The van der Waals surface area contributed by atoms with Crippen LogP contribution in [0.15, 0.2) is 34.8 Å². The zero-order valence-corrected chi connectivity index (χ0v) is 18.0. The van der Waals surface area contributed by atoms with Gasteiger partial charge in [-0.1, -0.05) is 29.8 Å². The first-order valence-corrected chi connectivity index (χ1v) is 10.2. The molecule has 148 valence electrons. The van der Waals surface area contributed by atoms with Crippen LogP contribution in [0.5, 0.6) is 0 Å². The molecule has 1 aromatic carbocycles. The monoisotopic (exact) mass is 444 g/mol. The van der Waals surface area contributed by atoms with E-state index < -0.39 is 0 Å².